The Hall–Kier alpha value is -0.570. The van der Waals surface area contributed by atoms with Crippen molar-refractivity contribution in [2.75, 3.05) is 13.1 Å². The molecule has 110 valence electrons. The molecule has 3 heteroatoms. The lowest BCUT2D eigenvalue weighted by atomic mass is 9.75. The molecule has 1 aliphatic heterocycles. The third-order valence-corrected chi connectivity index (χ3v) is 5.08. The van der Waals surface area contributed by atoms with Gasteiger partial charge in [-0.3, -0.25) is 4.79 Å². The van der Waals surface area contributed by atoms with Crippen LogP contribution >= 0.6 is 0 Å². The maximum Gasteiger partial charge on any atom is 0.312 e. The minimum absolute atomic E-state index is 0.0146. The van der Waals surface area contributed by atoms with Crippen LogP contribution in [0.2, 0.25) is 0 Å². The fourth-order valence-electron chi connectivity index (χ4n) is 3.29. The smallest absolute Gasteiger partial charge is 0.312 e. The van der Waals surface area contributed by atoms with Gasteiger partial charge in [-0.25, -0.2) is 0 Å². The zero-order valence-corrected chi connectivity index (χ0v) is 12.7. The molecule has 3 nitrogen and oxygen atoms in total. The van der Waals surface area contributed by atoms with E-state index in [-0.39, 0.29) is 17.5 Å². The largest absolute Gasteiger partial charge is 0.462 e. The van der Waals surface area contributed by atoms with Gasteiger partial charge >= 0.3 is 5.97 Å². The average molecular weight is 267 g/mol. The van der Waals surface area contributed by atoms with Gasteiger partial charge in [0.15, 0.2) is 0 Å². The third kappa shape index (κ3) is 3.71. The second-order valence-electron chi connectivity index (χ2n) is 7.05. The predicted octanol–water partition coefficient (Wildman–Crippen LogP) is 3.13. The first-order valence-corrected chi connectivity index (χ1v) is 7.92. The van der Waals surface area contributed by atoms with Crippen LogP contribution in [0, 0.1) is 17.3 Å². The van der Waals surface area contributed by atoms with Gasteiger partial charge in [-0.2, -0.15) is 0 Å². The van der Waals surface area contributed by atoms with E-state index in [0.717, 1.165) is 38.3 Å². The molecule has 0 amide bonds. The van der Waals surface area contributed by atoms with Crippen molar-refractivity contribution < 1.29 is 9.53 Å². The Morgan fingerprint density at radius 2 is 1.84 bits per heavy atom. The van der Waals surface area contributed by atoms with Gasteiger partial charge in [-0.1, -0.05) is 6.92 Å². The van der Waals surface area contributed by atoms with E-state index >= 15 is 0 Å². The second kappa shape index (κ2) is 6.25. The summed E-state index contributed by atoms with van der Waals surface area (Å²) in [5.41, 5.74) is -0.351. The van der Waals surface area contributed by atoms with Crippen LogP contribution in [0.1, 0.15) is 59.3 Å². The summed E-state index contributed by atoms with van der Waals surface area (Å²) in [4.78, 5) is 12.5. The molecule has 2 fully saturated rings. The topological polar surface area (TPSA) is 38.3 Å². The minimum atomic E-state index is -0.351. The van der Waals surface area contributed by atoms with E-state index in [1.54, 1.807) is 0 Å². The maximum absolute atomic E-state index is 12.5. The maximum atomic E-state index is 12.5. The summed E-state index contributed by atoms with van der Waals surface area (Å²) in [5.74, 6) is 1.22. The molecule has 1 atom stereocenters. The Bertz CT molecular complexity index is 300. The highest BCUT2D eigenvalue weighted by atomic mass is 16.5. The van der Waals surface area contributed by atoms with Gasteiger partial charge in [0.25, 0.3) is 0 Å². The SMILES string of the molecule is CC1CCC(OC(=O)C(C)(C)C2CCCNC2)CC1. The van der Waals surface area contributed by atoms with Crippen LogP contribution in [0.15, 0.2) is 0 Å². The van der Waals surface area contributed by atoms with Crippen molar-refractivity contribution >= 4 is 5.97 Å². The Kier molecular flexibility index (Phi) is 4.88. The van der Waals surface area contributed by atoms with Crippen LogP contribution in [-0.4, -0.2) is 25.2 Å². The fraction of sp³-hybridized carbons (Fsp3) is 0.938. The number of nitrogens with one attached hydrogen (secondary N) is 1. The van der Waals surface area contributed by atoms with Crippen LogP contribution in [-0.2, 0) is 9.53 Å². The van der Waals surface area contributed by atoms with E-state index < -0.39 is 0 Å². The predicted molar refractivity (Wildman–Crippen MR) is 76.9 cm³/mol. The molecule has 1 heterocycles. The Morgan fingerprint density at radius 1 is 1.16 bits per heavy atom. The lowest BCUT2D eigenvalue weighted by Gasteiger charge is -2.37. The van der Waals surface area contributed by atoms with Gasteiger partial charge in [0.05, 0.1) is 5.41 Å². The van der Waals surface area contributed by atoms with Crippen molar-refractivity contribution in [1.82, 2.24) is 5.32 Å². The fourth-order valence-corrected chi connectivity index (χ4v) is 3.29. The highest BCUT2D eigenvalue weighted by Crippen LogP contribution is 2.35. The summed E-state index contributed by atoms with van der Waals surface area (Å²) in [7, 11) is 0. The van der Waals surface area contributed by atoms with E-state index in [1.165, 1.54) is 19.3 Å². The highest BCUT2D eigenvalue weighted by Gasteiger charge is 2.39. The first kappa shape index (κ1) is 14.8. The van der Waals surface area contributed by atoms with Crippen molar-refractivity contribution in [1.29, 1.82) is 0 Å². The van der Waals surface area contributed by atoms with Crippen molar-refractivity contribution in [2.24, 2.45) is 17.3 Å². The van der Waals surface area contributed by atoms with Gasteiger partial charge in [0, 0.05) is 0 Å². The molecule has 0 aromatic carbocycles. The molecule has 19 heavy (non-hydrogen) atoms. The molecular weight excluding hydrogens is 238 g/mol. The first-order valence-electron chi connectivity index (χ1n) is 7.92. The number of hydrogen-bond donors (Lipinski definition) is 1. The Balaban J connectivity index is 1.87. The number of carbonyl (C=O) groups is 1. The molecule has 1 N–H and O–H groups in total. The number of rotatable bonds is 3. The molecule has 1 saturated carbocycles. The standard InChI is InChI=1S/C16H29NO2/c1-12-6-8-14(9-7-12)19-15(18)16(2,3)13-5-4-10-17-11-13/h12-14,17H,4-11H2,1-3H3. The zero-order chi connectivity index (χ0) is 13.9. The van der Waals surface area contributed by atoms with Crippen molar-refractivity contribution in [3.63, 3.8) is 0 Å². The monoisotopic (exact) mass is 267 g/mol. The van der Waals surface area contributed by atoms with Gasteiger partial charge in [0.1, 0.15) is 6.10 Å². The summed E-state index contributed by atoms with van der Waals surface area (Å²) in [6.45, 7) is 8.43. The van der Waals surface area contributed by atoms with Gasteiger partial charge in [-0.05, 0) is 77.3 Å². The van der Waals surface area contributed by atoms with Gasteiger partial charge in [0.2, 0.25) is 0 Å². The lowest BCUT2D eigenvalue weighted by Crippen LogP contribution is -2.44. The number of hydrogen-bond acceptors (Lipinski definition) is 3. The van der Waals surface area contributed by atoms with E-state index in [9.17, 15) is 4.79 Å². The van der Waals surface area contributed by atoms with Crippen molar-refractivity contribution in [2.45, 2.75) is 65.4 Å². The molecule has 1 unspecified atom stereocenters. The lowest BCUT2D eigenvalue weighted by molar-refractivity contribution is -0.165. The van der Waals surface area contributed by atoms with Crippen LogP contribution in [0.25, 0.3) is 0 Å². The minimum Gasteiger partial charge on any atom is -0.462 e. The average Bonchev–Trinajstić information content (AvgIpc) is 2.42. The molecular formula is C16H29NO2. The molecule has 2 aliphatic rings. The molecule has 0 aromatic rings. The van der Waals surface area contributed by atoms with E-state index in [0.29, 0.717) is 5.92 Å². The van der Waals surface area contributed by atoms with Gasteiger partial charge in [-0.15, -0.1) is 0 Å². The Labute approximate surface area is 117 Å². The van der Waals surface area contributed by atoms with Crippen LogP contribution < -0.4 is 5.32 Å². The quantitative estimate of drug-likeness (QED) is 0.798. The van der Waals surface area contributed by atoms with Gasteiger partial charge < -0.3 is 10.1 Å². The van der Waals surface area contributed by atoms with Crippen LogP contribution in [0.4, 0.5) is 0 Å². The summed E-state index contributed by atoms with van der Waals surface area (Å²) in [6, 6.07) is 0. The third-order valence-electron chi connectivity index (χ3n) is 5.08. The number of piperidine rings is 1. The molecule has 1 saturated heterocycles. The van der Waals surface area contributed by atoms with Crippen LogP contribution in [0.3, 0.4) is 0 Å². The molecule has 1 aliphatic carbocycles. The first-order chi connectivity index (χ1) is 9.00. The number of ether oxygens (including phenoxy) is 1. The molecule has 0 radical (unpaired) electrons. The van der Waals surface area contributed by atoms with E-state index in [1.807, 2.05) is 0 Å². The summed E-state index contributed by atoms with van der Waals surface area (Å²) < 4.78 is 5.79. The number of carbonyl (C=O) groups excluding carboxylic acids is 1. The summed E-state index contributed by atoms with van der Waals surface area (Å²) >= 11 is 0. The molecule has 0 bridgehead atoms. The van der Waals surface area contributed by atoms with E-state index in [2.05, 4.69) is 26.1 Å². The summed E-state index contributed by atoms with van der Waals surface area (Å²) in [5, 5.41) is 3.40. The highest BCUT2D eigenvalue weighted by molar-refractivity contribution is 5.76. The van der Waals surface area contributed by atoms with Crippen LogP contribution in [0.5, 0.6) is 0 Å². The molecule has 2 rings (SSSR count). The van der Waals surface area contributed by atoms with Crippen molar-refractivity contribution in [3.8, 4) is 0 Å². The Morgan fingerprint density at radius 3 is 2.42 bits per heavy atom. The second-order valence-corrected chi connectivity index (χ2v) is 7.05. The number of esters is 1. The normalized spacial score (nSPS) is 32.9. The van der Waals surface area contributed by atoms with Crippen molar-refractivity contribution in [3.05, 3.63) is 0 Å². The zero-order valence-electron chi connectivity index (χ0n) is 12.7. The molecule has 0 spiro atoms. The summed E-state index contributed by atoms with van der Waals surface area (Å²) in [6.07, 6.45) is 6.96. The van der Waals surface area contributed by atoms with E-state index in [4.69, 9.17) is 4.74 Å². The molecule has 0 aromatic heterocycles.